The number of benzene rings is 2. The molecule has 0 atom stereocenters. The molecule has 0 saturated carbocycles. The number of ether oxygens (including phenoxy) is 1. The zero-order chi connectivity index (χ0) is 19.4. The highest BCUT2D eigenvalue weighted by molar-refractivity contribution is 7.13. The summed E-state index contributed by atoms with van der Waals surface area (Å²) in [6.07, 6.45) is 0.0692. The van der Waals surface area contributed by atoms with Crippen LogP contribution < -0.4 is 5.32 Å². The van der Waals surface area contributed by atoms with Gasteiger partial charge in [-0.05, 0) is 24.3 Å². The zero-order valence-electron chi connectivity index (χ0n) is 14.2. The fourth-order valence-electron chi connectivity index (χ4n) is 2.37. The SMILES string of the molecule is COC(=O)c1ccc(Cl)c(NC(=O)Cc2csc(-c3ccccc3Cl)n2)c1. The molecule has 1 amide bonds. The molecular formula is C19H14Cl2N2O3S. The number of nitrogens with one attached hydrogen (secondary N) is 1. The largest absolute Gasteiger partial charge is 0.465 e. The second kappa shape index (κ2) is 8.52. The van der Waals surface area contributed by atoms with Crippen LogP contribution in [0.5, 0.6) is 0 Å². The van der Waals surface area contributed by atoms with Gasteiger partial charge in [0.05, 0.1) is 40.5 Å². The maximum Gasteiger partial charge on any atom is 0.337 e. The van der Waals surface area contributed by atoms with E-state index in [9.17, 15) is 9.59 Å². The van der Waals surface area contributed by atoms with E-state index in [1.165, 1.54) is 36.6 Å². The minimum atomic E-state index is -0.508. The van der Waals surface area contributed by atoms with Crippen LogP contribution in [0.4, 0.5) is 5.69 Å². The Bertz CT molecular complexity index is 1000. The quantitative estimate of drug-likeness (QED) is 0.583. The number of carbonyl (C=O) groups is 2. The smallest absolute Gasteiger partial charge is 0.337 e. The van der Waals surface area contributed by atoms with Gasteiger partial charge in [-0.2, -0.15) is 0 Å². The summed E-state index contributed by atoms with van der Waals surface area (Å²) in [5.41, 5.74) is 2.08. The number of amides is 1. The second-order valence-electron chi connectivity index (χ2n) is 5.54. The standard InChI is InChI=1S/C19H14Cl2N2O3S/c1-26-19(25)11-6-7-15(21)16(8-11)23-17(24)9-12-10-27-18(22-12)13-4-2-3-5-14(13)20/h2-8,10H,9H2,1H3,(H,23,24). The van der Waals surface area contributed by atoms with Gasteiger partial charge in [0, 0.05) is 10.9 Å². The number of hydrogen-bond donors (Lipinski definition) is 1. The third-order valence-electron chi connectivity index (χ3n) is 3.66. The first-order chi connectivity index (χ1) is 13.0. The van der Waals surface area contributed by atoms with E-state index in [2.05, 4.69) is 15.0 Å². The molecule has 138 valence electrons. The van der Waals surface area contributed by atoms with Gasteiger partial charge < -0.3 is 10.1 Å². The van der Waals surface area contributed by atoms with E-state index >= 15 is 0 Å². The molecule has 1 aromatic heterocycles. The topological polar surface area (TPSA) is 68.3 Å². The molecule has 5 nitrogen and oxygen atoms in total. The van der Waals surface area contributed by atoms with Gasteiger partial charge in [0.25, 0.3) is 0 Å². The molecule has 0 bridgehead atoms. The molecule has 0 saturated heterocycles. The third kappa shape index (κ3) is 4.66. The number of halogens is 2. The average molecular weight is 421 g/mol. The molecule has 0 aliphatic heterocycles. The Morgan fingerprint density at radius 1 is 1.15 bits per heavy atom. The number of carbonyl (C=O) groups excluding carboxylic acids is 2. The number of nitrogens with zero attached hydrogens (tertiary/aromatic N) is 1. The highest BCUT2D eigenvalue weighted by Gasteiger charge is 2.14. The summed E-state index contributed by atoms with van der Waals surface area (Å²) < 4.78 is 4.67. The molecule has 1 N–H and O–H groups in total. The zero-order valence-corrected chi connectivity index (χ0v) is 16.5. The number of aromatic nitrogens is 1. The van der Waals surface area contributed by atoms with Crippen molar-refractivity contribution in [2.75, 3.05) is 12.4 Å². The van der Waals surface area contributed by atoms with E-state index in [1.807, 2.05) is 23.6 Å². The highest BCUT2D eigenvalue weighted by Crippen LogP contribution is 2.30. The van der Waals surface area contributed by atoms with Crippen LogP contribution in [-0.4, -0.2) is 24.0 Å². The lowest BCUT2D eigenvalue weighted by Gasteiger charge is -2.08. The van der Waals surface area contributed by atoms with Crippen LogP contribution in [0.1, 0.15) is 16.1 Å². The van der Waals surface area contributed by atoms with E-state index in [0.717, 1.165) is 10.6 Å². The lowest BCUT2D eigenvalue weighted by molar-refractivity contribution is -0.115. The van der Waals surface area contributed by atoms with Crippen molar-refractivity contribution in [2.24, 2.45) is 0 Å². The molecule has 0 unspecified atom stereocenters. The summed E-state index contributed by atoms with van der Waals surface area (Å²) >= 11 is 13.7. The first kappa shape index (κ1) is 19.4. The predicted molar refractivity (Wildman–Crippen MR) is 108 cm³/mol. The Balaban J connectivity index is 1.72. The summed E-state index contributed by atoms with van der Waals surface area (Å²) in [4.78, 5) is 28.4. The molecule has 0 aliphatic rings. The lowest BCUT2D eigenvalue weighted by atomic mass is 10.2. The fourth-order valence-corrected chi connectivity index (χ4v) is 3.68. The Kier molecular flexibility index (Phi) is 6.11. The molecule has 2 aromatic carbocycles. The number of anilines is 1. The van der Waals surface area contributed by atoms with E-state index in [1.54, 1.807) is 6.07 Å². The molecule has 3 rings (SSSR count). The molecule has 3 aromatic rings. The molecule has 27 heavy (non-hydrogen) atoms. The van der Waals surface area contributed by atoms with Crippen LogP contribution in [0.2, 0.25) is 10.0 Å². The maximum atomic E-state index is 12.4. The van der Waals surface area contributed by atoms with E-state index < -0.39 is 5.97 Å². The van der Waals surface area contributed by atoms with Crippen molar-refractivity contribution in [1.29, 1.82) is 0 Å². The Hall–Kier alpha value is -2.41. The summed E-state index contributed by atoms with van der Waals surface area (Å²) in [7, 11) is 1.29. The number of rotatable bonds is 5. The van der Waals surface area contributed by atoms with Crippen molar-refractivity contribution >= 4 is 52.1 Å². The van der Waals surface area contributed by atoms with Crippen LogP contribution in [-0.2, 0) is 16.0 Å². The van der Waals surface area contributed by atoms with Gasteiger partial charge in [-0.3, -0.25) is 4.79 Å². The van der Waals surface area contributed by atoms with Crippen molar-refractivity contribution in [3.63, 3.8) is 0 Å². The van der Waals surface area contributed by atoms with Crippen molar-refractivity contribution in [3.05, 3.63) is 69.1 Å². The van der Waals surface area contributed by atoms with Crippen LogP contribution in [0.3, 0.4) is 0 Å². The molecule has 0 aliphatic carbocycles. The minimum absolute atomic E-state index is 0.0692. The van der Waals surface area contributed by atoms with Crippen molar-refractivity contribution in [2.45, 2.75) is 6.42 Å². The summed E-state index contributed by atoms with van der Waals surface area (Å²) in [6.45, 7) is 0. The van der Waals surface area contributed by atoms with Crippen LogP contribution in [0, 0.1) is 0 Å². The number of esters is 1. The van der Waals surface area contributed by atoms with Gasteiger partial charge in [0.1, 0.15) is 5.01 Å². The third-order valence-corrected chi connectivity index (χ3v) is 5.24. The van der Waals surface area contributed by atoms with Crippen LogP contribution in [0.15, 0.2) is 47.8 Å². The van der Waals surface area contributed by atoms with Crippen molar-refractivity contribution < 1.29 is 14.3 Å². The average Bonchev–Trinajstić information content (AvgIpc) is 3.11. The van der Waals surface area contributed by atoms with Crippen LogP contribution >= 0.6 is 34.5 Å². The molecule has 0 spiro atoms. The van der Waals surface area contributed by atoms with Gasteiger partial charge in [-0.15, -0.1) is 11.3 Å². The minimum Gasteiger partial charge on any atom is -0.465 e. The Morgan fingerprint density at radius 3 is 2.67 bits per heavy atom. The summed E-state index contributed by atoms with van der Waals surface area (Å²) in [5.74, 6) is -0.805. The fraction of sp³-hybridized carbons (Fsp3) is 0.105. The van der Waals surface area contributed by atoms with Gasteiger partial charge in [-0.1, -0.05) is 41.4 Å². The molecular weight excluding hydrogens is 407 g/mol. The number of thiazole rings is 1. The molecule has 0 radical (unpaired) electrons. The monoisotopic (exact) mass is 420 g/mol. The highest BCUT2D eigenvalue weighted by atomic mass is 35.5. The molecule has 1 heterocycles. The Morgan fingerprint density at radius 2 is 1.93 bits per heavy atom. The summed E-state index contributed by atoms with van der Waals surface area (Å²) in [5, 5.41) is 6.18. The first-order valence-electron chi connectivity index (χ1n) is 7.85. The number of methoxy groups -OCH3 is 1. The van der Waals surface area contributed by atoms with E-state index in [0.29, 0.717) is 27.0 Å². The van der Waals surface area contributed by atoms with Crippen molar-refractivity contribution in [3.8, 4) is 10.6 Å². The molecule has 0 fully saturated rings. The van der Waals surface area contributed by atoms with Gasteiger partial charge in [-0.25, -0.2) is 9.78 Å². The molecule has 8 heteroatoms. The van der Waals surface area contributed by atoms with Gasteiger partial charge >= 0.3 is 5.97 Å². The van der Waals surface area contributed by atoms with E-state index in [4.69, 9.17) is 23.2 Å². The van der Waals surface area contributed by atoms with E-state index in [-0.39, 0.29) is 12.3 Å². The van der Waals surface area contributed by atoms with Gasteiger partial charge in [0.15, 0.2) is 0 Å². The Labute approximate surface area is 169 Å². The van der Waals surface area contributed by atoms with Gasteiger partial charge in [0.2, 0.25) is 5.91 Å². The second-order valence-corrected chi connectivity index (χ2v) is 7.21. The first-order valence-corrected chi connectivity index (χ1v) is 9.48. The predicted octanol–water partition coefficient (Wildman–Crippen LogP) is 5.08. The van der Waals surface area contributed by atoms with Crippen molar-refractivity contribution in [1.82, 2.24) is 4.98 Å². The summed E-state index contributed by atoms with van der Waals surface area (Å²) in [6, 6.07) is 11.9. The lowest BCUT2D eigenvalue weighted by Crippen LogP contribution is -2.15. The number of hydrogen-bond acceptors (Lipinski definition) is 5. The van der Waals surface area contributed by atoms with Crippen LogP contribution in [0.25, 0.3) is 10.6 Å². The normalized spacial score (nSPS) is 10.5. The maximum absolute atomic E-state index is 12.4.